The number of thiazole rings is 1. The summed E-state index contributed by atoms with van der Waals surface area (Å²) in [5.74, 6) is -2.21. The lowest BCUT2D eigenvalue weighted by Crippen LogP contribution is -2.50. The number of aromatic nitrogens is 1. The second-order valence-electron chi connectivity index (χ2n) is 8.75. The molecule has 2 heterocycles. The van der Waals surface area contributed by atoms with Crippen molar-refractivity contribution in [2.45, 2.75) is 31.8 Å². The number of carbonyl (C=O) groups excluding carboxylic acids is 5. The summed E-state index contributed by atoms with van der Waals surface area (Å²) in [6.45, 7) is 2.85. The van der Waals surface area contributed by atoms with Gasteiger partial charge in [0, 0.05) is 18.2 Å². The lowest BCUT2D eigenvalue weighted by molar-refractivity contribution is -0.142. The number of Topliss-reactive ketones (excluding diaryl/α,β-unsaturated/α-hetero) is 1. The lowest BCUT2D eigenvalue weighted by atomic mass is 9.91. The highest BCUT2D eigenvalue weighted by molar-refractivity contribution is 7.14. The van der Waals surface area contributed by atoms with Crippen molar-refractivity contribution < 1.29 is 33.4 Å². The van der Waals surface area contributed by atoms with Gasteiger partial charge in [-0.05, 0) is 23.3 Å². The number of carbonyl (C=O) groups is 5. The van der Waals surface area contributed by atoms with Gasteiger partial charge in [0.15, 0.2) is 17.5 Å². The third-order valence-electron chi connectivity index (χ3n) is 6.21. The van der Waals surface area contributed by atoms with Gasteiger partial charge in [0.1, 0.15) is 23.5 Å². The molecule has 4 amide bonds. The number of hydrogen-bond donors (Lipinski definition) is 2. The smallest absolute Gasteiger partial charge is 0.343 e. The Morgan fingerprint density at radius 3 is 2.41 bits per heavy atom. The molecule has 1 aliphatic rings. The highest BCUT2D eigenvalue weighted by Crippen LogP contribution is 2.32. The van der Waals surface area contributed by atoms with Crippen LogP contribution in [0.3, 0.4) is 0 Å². The number of hydrogen-bond acceptors (Lipinski definition) is 9. The molecule has 2 N–H and O–H groups in total. The van der Waals surface area contributed by atoms with Gasteiger partial charge in [-0.15, -0.1) is 11.3 Å². The number of amides is 4. The van der Waals surface area contributed by atoms with E-state index in [1.54, 1.807) is 43.3 Å². The van der Waals surface area contributed by atoms with Crippen molar-refractivity contribution in [2.75, 3.05) is 19.0 Å². The third-order valence-corrected chi connectivity index (χ3v) is 6.97. The Hall–Kier alpha value is -4.58. The molecule has 0 saturated carbocycles. The number of imide groups is 1. The van der Waals surface area contributed by atoms with Gasteiger partial charge in [0.25, 0.3) is 5.91 Å². The van der Waals surface area contributed by atoms with Crippen molar-refractivity contribution in [3.8, 4) is 5.75 Å². The van der Waals surface area contributed by atoms with E-state index in [4.69, 9.17) is 4.74 Å². The molecular formula is C27H26N4O7S. The van der Waals surface area contributed by atoms with E-state index in [0.29, 0.717) is 11.3 Å². The van der Waals surface area contributed by atoms with E-state index in [1.165, 1.54) is 19.4 Å². The minimum atomic E-state index is -1.21. The van der Waals surface area contributed by atoms with Crippen molar-refractivity contribution in [2.24, 2.45) is 0 Å². The molecule has 11 nitrogen and oxygen atoms in total. The van der Waals surface area contributed by atoms with Crippen LogP contribution in [0.25, 0.3) is 0 Å². The molecule has 39 heavy (non-hydrogen) atoms. The van der Waals surface area contributed by atoms with Crippen molar-refractivity contribution in [3.05, 3.63) is 76.8 Å². The largest absolute Gasteiger partial charge is 0.482 e. The topological polar surface area (TPSA) is 144 Å². The zero-order chi connectivity index (χ0) is 28.1. The maximum absolute atomic E-state index is 13.6. The fourth-order valence-corrected chi connectivity index (χ4v) is 4.87. The van der Waals surface area contributed by atoms with Crippen LogP contribution >= 0.6 is 11.3 Å². The number of nitrogens with zero attached hydrogens (tertiary/aromatic N) is 2. The molecule has 2 aromatic carbocycles. The molecule has 1 aliphatic heterocycles. The van der Waals surface area contributed by atoms with E-state index < -0.39 is 41.8 Å². The minimum Gasteiger partial charge on any atom is -0.482 e. The summed E-state index contributed by atoms with van der Waals surface area (Å²) in [5.41, 5.74) is 1.42. The Kier molecular flexibility index (Phi) is 8.35. The number of ketones is 1. The number of rotatable bonds is 10. The summed E-state index contributed by atoms with van der Waals surface area (Å²) in [5, 5.41) is 7.03. The van der Waals surface area contributed by atoms with Crippen LogP contribution in [-0.2, 0) is 19.1 Å². The second-order valence-corrected chi connectivity index (χ2v) is 9.61. The van der Waals surface area contributed by atoms with Gasteiger partial charge in [0.2, 0.25) is 5.91 Å². The molecule has 0 spiro atoms. The van der Waals surface area contributed by atoms with Crippen LogP contribution in [0.15, 0.2) is 60.0 Å². The molecule has 202 valence electrons. The van der Waals surface area contributed by atoms with E-state index in [1.807, 2.05) is 18.2 Å². The Morgan fingerprint density at radius 2 is 1.79 bits per heavy atom. The number of urea groups is 1. The van der Waals surface area contributed by atoms with Crippen LogP contribution in [0, 0.1) is 0 Å². The van der Waals surface area contributed by atoms with E-state index in [0.717, 1.165) is 21.8 Å². The fourth-order valence-electron chi connectivity index (χ4n) is 4.12. The average molecular weight is 551 g/mol. The lowest BCUT2D eigenvalue weighted by Gasteiger charge is -2.29. The van der Waals surface area contributed by atoms with Crippen molar-refractivity contribution in [3.63, 3.8) is 0 Å². The van der Waals surface area contributed by atoms with Gasteiger partial charge in [-0.3, -0.25) is 14.4 Å². The second kappa shape index (κ2) is 11.9. The molecule has 1 aromatic heterocycles. The van der Waals surface area contributed by atoms with Gasteiger partial charge in [-0.25, -0.2) is 19.5 Å². The minimum absolute atomic E-state index is 0.182. The fraction of sp³-hybridized carbons (Fsp3) is 0.259. The molecule has 0 aliphatic carbocycles. The molecule has 1 saturated heterocycles. The summed E-state index contributed by atoms with van der Waals surface area (Å²) < 4.78 is 9.88. The van der Waals surface area contributed by atoms with Gasteiger partial charge in [-0.2, -0.15) is 0 Å². The first-order valence-corrected chi connectivity index (χ1v) is 12.8. The highest BCUT2D eigenvalue weighted by atomic mass is 32.1. The van der Waals surface area contributed by atoms with Crippen LogP contribution in [0.4, 0.5) is 9.93 Å². The van der Waals surface area contributed by atoms with Crippen LogP contribution in [0.1, 0.15) is 47.4 Å². The average Bonchev–Trinajstić information content (AvgIpc) is 3.52. The van der Waals surface area contributed by atoms with Crippen molar-refractivity contribution in [1.82, 2.24) is 15.2 Å². The van der Waals surface area contributed by atoms with Crippen LogP contribution in [-0.4, -0.2) is 59.2 Å². The molecular weight excluding hydrogens is 524 g/mol. The zero-order valence-electron chi connectivity index (χ0n) is 21.4. The van der Waals surface area contributed by atoms with Gasteiger partial charge >= 0.3 is 12.0 Å². The van der Waals surface area contributed by atoms with Gasteiger partial charge in [-0.1, -0.05) is 49.4 Å². The summed E-state index contributed by atoms with van der Waals surface area (Å²) in [4.78, 5) is 68.3. The Balaban J connectivity index is 1.59. The van der Waals surface area contributed by atoms with Crippen molar-refractivity contribution >= 4 is 46.1 Å². The zero-order valence-corrected chi connectivity index (χ0v) is 22.2. The Bertz CT molecular complexity index is 1390. The molecule has 1 fully saturated rings. The highest BCUT2D eigenvalue weighted by Gasteiger charge is 2.47. The quantitative estimate of drug-likeness (QED) is 0.222. The summed E-state index contributed by atoms with van der Waals surface area (Å²) >= 11 is 1.07. The van der Waals surface area contributed by atoms with Crippen LogP contribution in [0.2, 0.25) is 0 Å². The molecule has 12 heteroatoms. The standard InChI is InChI=1S/C27H26N4O7S/c1-15(17-7-5-4-6-8-17)23(24(34)30-26-28-20(14-39-26)16(2)32)31-25(35)22(29-27(31)36)18-9-11-19(12-10-18)38-13-21(33)37-3/h4-12,14-15,22-23H,13H2,1-3H3,(H,29,36)(H,28,30,34)/t15?,22-,23+/m1/s1. The first kappa shape index (κ1) is 27.5. The number of nitrogens with one attached hydrogen (secondary N) is 2. The molecule has 0 bridgehead atoms. The Labute approximate surface area is 228 Å². The predicted octanol–water partition coefficient (Wildman–Crippen LogP) is 3.30. The third kappa shape index (κ3) is 6.12. The van der Waals surface area contributed by atoms with Crippen LogP contribution < -0.4 is 15.4 Å². The predicted molar refractivity (Wildman–Crippen MR) is 141 cm³/mol. The van der Waals surface area contributed by atoms with Gasteiger partial charge < -0.3 is 20.1 Å². The van der Waals surface area contributed by atoms with Crippen molar-refractivity contribution in [1.29, 1.82) is 0 Å². The molecule has 3 atom stereocenters. The number of ether oxygens (including phenoxy) is 2. The number of methoxy groups -OCH3 is 1. The first-order chi connectivity index (χ1) is 18.7. The SMILES string of the molecule is COC(=O)COc1ccc([C@H]2NC(=O)N([C@H](C(=O)Nc3nc(C(C)=O)cs3)C(C)c3ccccc3)C2=O)cc1. The van der Waals surface area contributed by atoms with E-state index in [-0.39, 0.29) is 23.2 Å². The summed E-state index contributed by atoms with van der Waals surface area (Å²) in [6.07, 6.45) is 0. The molecule has 3 aromatic rings. The number of esters is 1. The molecule has 0 radical (unpaired) electrons. The monoisotopic (exact) mass is 550 g/mol. The number of anilines is 1. The molecule has 1 unspecified atom stereocenters. The first-order valence-electron chi connectivity index (χ1n) is 11.9. The normalized spacial score (nSPS) is 16.3. The number of benzene rings is 2. The maximum atomic E-state index is 13.6. The Morgan fingerprint density at radius 1 is 1.10 bits per heavy atom. The van der Waals surface area contributed by atoms with E-state index >= 15 is 0 Å². The van der Waals surface area contributed by atoms with E-state index in [2.05, 4.69) is 20.4 Å². The summed E-state index contributed by atoms with van der Waals surface area (Å²) in [7, 11) is 1.25. The van der Waals surface area contributed by atoms with Gasteiger partial charge in [0.05, 0.1) is 7.11 Å². The summed E-state index contributed by atoms with van der Waals surface area (Å²) in [6, 6.07) is 12.4. The van der Waals surface area contributed by atoms with E-state index in [9.17, 15) is 24.0 Å². The maximum Gasteiger partial charge on any atom is 0.343 e. The van der Waals surface area contributed by atoms with Crippen LogP contribution in [0.5, 0.6) is 5.75 Å². The molecule has 4 rings (SSSR count).